The van der Waals surface area contributed by atoms with Gasteiger partial charge in [-0.05, 0) is 47.9 Å². The molecule has 0 bridgehead atoms. The molecule has 1 N–H and O–H groups in total. The first-order valence-electron chi connectivity index (χ1n) is 7.39. The summed E-state index contributed by atoms with van der Waals surface area (Å²) >= 11 is 0. The van der Waals surface area contributed by atoms with Crippen LogP contribution >= 0.6 is 0 Å². The predicted octanol–water partition coefficient (Wildman–Crippen LogP) is 2.79. The van der Waals surface area contributed by atoms with E-state index in [1.807, 2.05) is 55.5 Å². The zero-order chi connectivity index (χ0) is 16.5. The topological polar surface area (TPSA) is 59.9 Å². The summed E-state index contributed by atoms with van der Waals surface area (Å²) in [6.45, 7) is 1.97. The lowest BCUT2D eigenvalue weighted by Crippen LogP contribution is -2.24. The van der Waals surface area contributed by atoms with Crippen LogP contribution in [0.15, 0.2) is 53.6 Å². The highest BCUT2D eigenvalue weighted by Crippen LogP contribution is 2.17. The number of nitrogens with zero attached hydrogens (tertiary/aromatic N) is 1. The summed E-state index contributed by atoms with van der Waals surface area (Å²) in [6, 6.07) is 15.0. The number of carbonyl (C=O) groups excluding carboxylic acids is 1. The Balaban J connectivity index is 1.81. The fourth-order valence-corrected chi connectivity index (χ4v) is 1.98. The van der Waals surface area contributed by atoms with Crippen molar-refractivity contribution >= 4 is 12.1 Å². The Morgan fingerprint density at radius 1 is 1.17 bits per heavy atom. The SMILES string of the molecule is CCc1ccccc1OCC(=O)NN=Cc1ccc(OC)cc1. The second-order valence-electron chi connectivity index (χ2n) is 4.82. The molecular weight excluding hydrogens is 292 g/mol. The van der Waals surface area contributed by atoms with E-state index in [1.165, 1.54) is 0 Å². The molecule has 2 aromatic rings. The molecular formula is C18H20N2O3. The van der Waals surface area contributed by atoms with Gasteiger partial charge < -0.3 is 9.47 Å². The second kappa shape index (κ2) is 8.58. The molecule has 0 saturated carbocycles. The molecule has 0 saturated heterocycles. The Kier molecular flexibility index (Phi) is 6.17. The van der Waals surface area contributed by atoms with Gasteiger partial charge in [0.05, 0.1) is 13.3 Å². The number of para-hydroxylation sites is 1. The van der Waals surface area contributed by atoms with Crippen molar-refractivity contribution in [1.82, 2.24) is 5.43 Å². The molecule has 0 aliphatic carbocycles. The van der Waals surface area contributed by atoms with Crippen LogP contribution in [-0.2, 0) is 11.2 Å². The van der Waals surface area contributed by atoms with E-state index in [4.69, 9.17) is 9.47 Å². The van der Waals surface area contributed by atoms with E-state index >= 15 is 0 Å². The normalized spacial score (nSPS) is 10.5. The summed E-state index contributed by atoms with van der Waals surface area (Å²) in [5, 5.41) is 3.91. The molecule has 0 spiro atoms. The quantitative estimate of drug-likeness (QED) is 0.632. The molecule has 1 amide bonds. The fourth-order valence-electron chi connectivity index (χ4n) is 1.98. The Morgan fingerprint density at radius 3 is 2.61 bits per heavy atom. The number of rotatable bonds is 7. The molecule has 0 atom stereocenters. The molecule has 120 valence electrons. The number of hydrogen-bond donors (Lipinski definition) is 1. The van der Waals surface area contributed by atoms with E-state index in [9.17, 15) is 4.79 Å². The zero-order valence-electron chi connectivity index (χ0n) is 13.3. The average Bonchev–Trinajstić information content (AvgIpc) is 2.60. The van der Waals surface area contributed by atoms with E-state index < -0.39 is 0 Å². The molecule has 2 rings (SSSR count). The maximum absolute atomic E-state index is 11.7. The molecule has 0 aliphatic heterocycles. The van der Waals surface area contributed by atoms with Gasteiger partial charge in [-0.2, -0.15) is 5.10 Å². The highest BCUT2D eigenvalue weighted by atomic mass is 16.5. The van der Waals surface area contributed by atoms with Crippen molar-refractivity contribution in [3.63, 3.8) is 0 Å². The molecule has 5 heteroatoms. The smallest absolute Gasteiger partial charge is 0.277 e. The third-order valence-electron chi connectivity index (χ3n) is 3.23. The lowest BCUT2D eigenvalue weighted by atomic mass is 10.1. The lowest BCUT2D eigenvalue weighted by molar-refractivity contribution is -0.123. The third kappa shape index (κ3) is 5.14. The van der Waals surface area contributed by atoms with Crippen molar-refractivity contribution in [1.29, 1.82) is 0 Å². The predicted molar refractivity (Wildman–Crippen MR) is 90.0 cm³/mol. The van der Waals surface area contributed by atoms with Crippen LogP contribution in [0.4, 0.5) is 0 Å². The first-order valence-corrected chi connectivity index (χ1v) is 7.39. The Labute approximate surface area is 135 Å². The van der Waals surface area contributed by atoms with E-state index in [1.54, 1.807) is 13.3 Å². The monoisotopic (exact) mass is 312 g/mol. The van der Waals surface area contributed by atoms with Crippen LogP contribution in [0.3, 0.4) is 0 Å². The zero-order valence-corrected chi connectivity index (χ0v) is 13.3. The molecule has 0 aromatic heterocycles. The molecule has 0 fully saturated rings. The van der Waals surface area contributed by atoms with Gasteiger partial charge in [0.25, 0.3) is 5.91 Å². The molecule has 5 nitrogen and oxygen atoms in total. The van der Waals surface area contributed by atoms with E-state index in [-0.39, 0.29) is 12.5 Å². The van der Waals surface area contributed by atoms with Crippen molar-refractivity contribution < 1.29 is 14.3 Å². The first-order chi connectivity index (χ1) is 11.2. The highest BCUT2D eigenvalue weighted by molar-refractivity contribution is 5.83. The molecule has 0 aliphatic rings. The van der Waals surface area contributed by atoms with Gasteiger partial charge in [0, 0.05) is 0 Å². The first kappa shape index (κ1) is 16.5. The summed E-state index contributed by atoms with van der Waals surface area (Å²) in [7, 11) is 1.61. The summed E-state index contributed by atoms with van der Waals surface area (Å²) in [6.07, 6.45) is 2.42. The van der Waals surface area contributed by atoms with E-state index in [0.717, 1.165) is 29.0 Å². The van der Waals surface area contributed by atoms with Crippen molar-refractivity contribution in [2.75, 3.05) is 13.7 Å². The minimum Gasteiger partial charge on any atom is -0.497 e. The maximum atomic E-state index is 11.7. The molecule has 0 radical (unpaired) electrons. The van der Waals surface area contributed by atoms with Gasteiger partial charge in [0.1, 0.15) is 11.5 Å². The Hall–Kier alpha value is -2.82. The van der Waals surface area contributed by atoms with Crippen LogP contribution in [-0.4, -0.2) is 25.8 Å². The molecule has 23 heavy (non-hydrogen) atoms. The summed E-state index contributed by atoms with van der Waals surface area (Å²) in [5.41, 5.74) is 4.38. The summed E-state index contributed by atoms with van der Waals surface area (Å²) in [4.78, 5) is 11.7. The largest absolute Gasteiger partial charge is 0.497 e. The van der Waals surface area contributed by atoms with Crippen LogP contribution in [0.25, 0.3) is 0 Å². The number of carbonyl (C=O) groups is 1. The van der Waals surface area contributed by atoms with Crippen molar-refractivity contribution in [3.8, 4) is 11.5 Å². The number of methoxy groups -OCH3 is 1. The van der Waals surface area contributed by atoms with Crippen LogP contribution in [0.5, 0.6) is 11.5 Å². The Bertz CT molecular complexity index is 666. The number of nitrogens with one attached hydrogen (secondary N) is 1. The highest BCUT2D eigenvalue weighted by Gasteiger charge is 2.04. The number of hydrazone groups is 1. The number of benzene rings is 2. The third-order valence-corrected chi connectivity index (χ3v) is 3.23. The fraction of sp³-hybridized carbons (Fsp3) is 0.222. The summed E-state index contributed by atoms with van der Waals surface area (Å²) in [5.74, 6) is 1.19. The van der Waals surface area contributed by atoms with Gasteiger partial charge in [-0.25, -0.2) is 5.43 Å². The van der Waals surface area contributed by atoms with Crippen molar-refractivity contribution in [3.05, 3.63) is 59.7 Å². The maximum Gasteiger partial charge on any atom is 0.277 e. The lowest BCUT2D eigenvalue weighted by Gasteiger charge is -2.08. The van der Waals surface area contributed by atoms with Crippen LogP contribution in [0.1, 0.15) is 18.1 Å². The van der Waals surface area contributed by atoms with E-state index in [0.29, 0.717) is 0 Å². The van der Waals surface area contributed by atoms with Crippen LogP contribution in [0, 0.1) is 0 Å². The van der Waals surface area contributed by atoms with Gasteiger partial charge in [0.2, 0.25) is 0 Å². The number of aryl methyl sites for hydroxylation is 1. The standard InChI is InChI=1S/C18H20N2O3/c1-3-15-6-4-5-7-17(15)23-13-18(21)20-19-12-14-8-10-16(22-2)11-9-14/h4-12H,3,13H2,1-2H3,(H,20,21). The minimum absolute atomic E-state index is 0.0725. The van der Waals surface area contributed by atoms with Gasteiger partial charge in [-0.15, -0.1) is 0 Å². The summed E-state index contributed by atoms with van der Waals surface area (Å²) < 4.78 is 10.6. The van der Waals surface area contributed by atoms with Gasteiger partial charge in [-0.1, -0.05) is 25.1 Å². The number of amides is 1. The van der Waals surface area contributed by atoms with Gasteiger partial charge in [0.15, 0.2) is 6.61 Å². The molecule has 2 aromatic carbocycles. The van der Waals surface area contributed by atoms with Crippen molar-refractivity contribution in [2.24, 2.45) is 5.10 Å². The molecule has 0 unspecified atom stereocenters. The van der Waals surface area contributed by atoms with Gasteiger partial charge in [-0.3, -0.25) is 4.79 Å². The van der Waals surface area contributed by atoms with Crippen LogP contribution in [0.2, 0.25) is 0 Å². The van der Waals surface area contributed by atoms with E-state index in [2.05, 4.69) is 10.5 Å². The number of hydrogen-bond acceptors (Lipinski definition) is 4. The van der Waals surface area contributed by atoms with Crippen molar-refractivity contribution in [2.45, 2.75) is 13.3 Å². The number of ether oxygens (including phenoxy) is 2. The minimum atomic E-state index is -0.305. The average molecular weight is 312 g/mol. The Morgan fingerprint density at radius 2 is 1.91 bits per heavy atom. The van der Waals surface area contributed by atoms with Gasteiger partial charge >= 0.3 is 0 Å². The second-order valence-corrected chi connectivity index (χ2v) is 4.82. The van der Waals surface area contributed by atoms with Crippen LogP contribution < -0.4 is 14.9 Å². The molecule has 0 heterocycles.